The van der Waals surface area contributed by atoms with Crippen LogP contribution in [0.25, 0.3) is 0 Å². The zero-order valence-corrected chi connectivity index (χ0v) is 9.66. The minimum atomic E-state index is -2.89. The van der Waals surface area contributed by atoms with Crippen molar-refractivity contribution in [3.8, 4) is 5.75 Å². The lowest BCUT2D eigenvalue weighted by Crippen LogP contribution is -2.36. The van der Waals surface area contributed by atoms with Crippen LogP contribution in [0.5, 0.6) is 5.75 Å². The number of hydrogen-bond donors (Lipinski definition) is 2. The molecule has 6 heteroatoms. The fourth-order valence-electron chi connectivity index (χ4n) is 1.86. The van der Waals surface area contributed by atoms with Crippen LogP contribution in [-0.2, 0) is 0 Å². The van der Waals surface area contributed by atoms with Crippen molar-refractivity contribution in [2.24, 2.45) is 0 Å². The predicted octanol–water partition coefficient (Wildman–Crippen LogP) is 1.38. The average Bonchev–Trinajstić information content (AvgIpc) is 2.81. The lowest BCUT2D eigenvalue weighted by molar-refractivity contribution is -0.0498. The van der Waals surface area contributed by atoms with Crippen LogP contribution in [0.15, 0.2) is 24.3 Å². The second-order valence-corrected chi connectivity index (χ2v) is 4.07. The summed E-state index contributed by atoms with van der Waals surface area (Å²) in [5.74, 6) is -0.286. The molecule has 1 aromatic carbocycles. The van der Waals surface area contributed by atoms with E-state index in [0.29, 0.717) is 5.56 Å². The molecular formula is C12H14F2N2O2. The first-order valence-corrected chi connectivity index (χ1v) is 5.71. The van der Waals surface area contributed by atoms with Crippen molar-refractivity contribution >= 4 is 5.91 Å². The maximum absolute atomic E-state index is 12.0. The van der Waals surface area contributed by atoms with Crippen LogP contribution in [0.3, 0.4) is 0 Å². The van der Waals surface area contributed by atoms with Gasteiger partial charge in [-0.1, -0.05) is 6.07 Å². The van der Waals surface area contributed by atoms with Crippen molar-refractivity contribution < 1.29 is 18.3 Å². The molecule has 1 aromatic rings. The minimum absolute atomic E-state index is 0.0119. The molecule has 2 N–H and O–H groups in total. The van der Waals surface area contributed by atoms with E-state index in [1.54, 1.807) is 6.07 Å². The van der Waals surface area contributed by atoms with Crippen molar-refractivity contribution in [2.75, 3.05) is 13.1 Å². The molecule has 0 saturated carbocycles. The van der Waals surface area contributed by atoms with Crippen molar-refractivity contribution in [3.63, 3.8) is 0 Å². The third-order valence-electron chi connectivity index (χ3n) is 2.72. The van der Waals surface area contributed by atoms with Crippen LogP contribution in [-0.4, -0.2) is 31.7 Å². The smallest absolute Gasteiger partial charge is 0.387 e. The van der Waals surface area contributed by atoms with Gasteiger partial charge in [0.05, 0.1) is 0 Å². The van der Waals surface area contributed by atoms with Gasteiger partial charge >= 0.3 is 6.61 Å². The van der Waals surface area contributed by atoms with Gasteiger partial charge in [-0.3, -0.25) is 4.79 Å². The number of ether oxygens (including phenoxy) is 1. The summed E-state index contributed by atoms with van der Waals surface area (Å²) in [6.07, 6.45) is 0.874. The number of nitrogens with one attached hydrogen (secondary N) is 2. The molecule has 1 atom stereocenters. The van der Waals surface area contributed by atoms with E-state index in [1.165, 1.54) is 18.2 Å². The van der Waals surface area contributed by atoms with Crippen molar-refractivity contribution in [2.45, 2.75) is 19.1 Å². The molecule has 18 heavy (non-hydrogen) atoms. The SMILES string of the molecule is O=C(N[C@@H]1CCNC1)c1cccc(OC(F)F)c1. The second-order valence-electron chi connectivity index (χ2n) is 4.07. The maximum Gasteiger partial charge on any atom is 0.387 e. The third kappa shape index (κ3) is 3.40. The lowest BCUT2D eigenvalue weighted by atomic mass is 10.2. The molecule has 2 rings (SSSR count). The van der Waals surface area contributed by atoms with E-state index in [4.69, 9.17) is 0 Å². The Hall–Kier alpha value is -1.69. The fourth-order valence-corrected chi connectivity index (χ4v) is 1.86. The third-order valence-corrected chi connectivity index (χ3v) is 2.72. The summed E-state index contributed by atoms with van der Waals surface area (Å²) in [5.41, 5.74) is 0.319. The monoisotopic (exact) mass is 256 g/mol. The molecule has 4 nitrogen and oxygen atoms in total. The molecule has 0 spiro atoms. The highest BCUT2D eigenvalue weighted by atomic mass is 19.3. The molecule has 1 amide bonds. The number of carbonyl (C=O) groups excluding carboxylic acids is 1. The number of rotatable bonds is 4. The molecule has 0 aromatic heterocycles. The number of amides is 1. The highest BCUT2D eigenvalue weighted by Gasteiger charge is 2.17. The van der Waals surface area contributed by atoms with Gasteiger partial charge in [-0.05, 0) is 31.2 Å². The number of carbonyl (C=O) groups is 1. The van der Waals surface area contributed by atoms with Gasteiger partial charge in [-0.25, -0.2) is 0 Å². The Kier molecular flexibility index (Phi) is 4.09. The first-order chi connectivity index (χ1) is 8.65. The molecule has 1 heterocycles. The van der Waals surface area contributed by atoms with Gasteiger partial charge in [0, 0.05) is 18.2 Å². The van der Waals surface area contributed by atoms with Gasteiger partial charge in [0.2, 0.25) is 0 Å². The van der Waals surface area contributed by atoms with Crippen LogP contribution in [0.1, 0.15) is 16.8 Å². The number of halogens is 2. The van der Waals surface area contributed by atoms with E-state index in [2.05, 4.69) is 15.4 Å². The number of benzene rings is 1. The van der Waals surface area contributed by atoms with Gasteiger partial charge in [0.25, 0.3) is 5.91 Å². The maximum atomic E-state index is 12.0. The zero-order valence-electron chi connectivity index (χ0n) is 9.66. The Morgan fingerprint density at radius 1 is 1.50 bits per heavy atom. The quantitative estimate of drug-likeness (QED) is 0.855. The summed E-state index contributed by atoms with van der Waals surface area (Å²) in [5, 5.41) is 5.96. The Balaban J connectivity index is 2.00. The Morgan fingerprint density at radius 2 is 2.33 bits per heavy atom. The van der Waals surface area contributed by atoms with Crippen LogP contribution < -0.4 is 15.4 Å². The van der Waals surface area contributed by atoms with Gasteiger partial charge in [0.15, 0.2) is 0 Å². The zero-order chi connectivity index (χ0) is 13.0. The molecule has 0 bridgehead atoms. The first-order valence-electron chi connectivity index (χ1n) is 5.71. The molecule has 0 unspecified atom stereocenters. The van der Waals surface area contributed by atoms with Gasteiger partial charge in [-0.15, -0.1) is 0 Å². The Morgan fingerprint density at radius 3 is 3.00 bits per heavy atom. The van der Waals surface area contributed by atoms with Crippen molar-refractivity contribution in [3.05, 3.63) is 29.8 Å². The Bertz CT molecular complexity index is 420. The molecule has 1 fully saturated rings. The van der Waals surface area contributed by atoms with E-state index in [-0.39, 0.29) is 17.7 Å². The van der Waals surface area contributed by atoms with Gasteiger partial charge in [0.1, 0.15) is 5.75 Å². The molecule has 1 saturated heterocycles. The second kappa shape index (κ2) is 5.77. The van der Waals surface area contributed by atoms with E-state index < -0.39 is 6.61 Å². The highest BCUT2D eigenvalue weighted by Crippen LogP contribution is 2.16. The van der Waals surface area contributed by atoms with Crippen molar-refractivity contribution in [1.29, 1.82) is 0 Å². The highest BCUT2D eigenvalue weighted by molar-refractivity contribution is 5.94. The molecule has 1 aliphatic rings. The Labute approximate surface area is 103 Å². The topological polar surface area (TPSA) is 50.4 Å². The summed E-state index contributed by atoms with van der Waals surface area (Å²) >= 11 is 0. The largest absolute Gasteiger partial charge is 0.435 e. The van der Waals surface area contributed by atoms with E-state index >= 15 is 0 Å². The van der Waals surface area contributed by atoms with Crippen molar-refractivity contribution in [1.82, 2.24) is 10.6 Å². The van der Waals surface area contributed by atoms with Crippen LogP contribution in [0.4, 0.5) is 8.78 Å². The summed E-state index contributed by atoms with van der Waals surface area (Å²) in [6, 6.07) is 5.87. The summed E-state index contributed by atoms with van der Waals surface area (Å²) in [7, 11) is 0. The van der Waals surface area contributed by atoms with Gasteiger partial charge in [-0.2, -0.15) is 8.78 Å². The molecule has 98 valence electrons. The summed E-state index contributed by atoms with van der Waals surface area (Å²) in [4.78, 5) is 11.9. The van der Waals surface area contributed by atoms with E-state index in [9.17, 15) is 13.6 Å². The van der Waals surface area contributed by atoms with E-state index in [1.807, 2.05) is 0 Å². The molecule has 0 radical (unpaired) electrons. The van der Waals surface area contributed by atoms with Gasteiger partial charge < -0.3 is 15.4 Å². The number of hydrogen-bond acceptors (Lipinski definition) is 3. The molecular weight excluding hydrogens is 242 g/mol. The lowest BCUT2D eigenvalue weighted by Gasteiger charge is -2.12. The predicted molar refractivity (Wildman–Crippen MR) is 61.8 cm³/mol. The normalized spacial score (nSPS) is 18.9. The minimum Gasteiger partial charge on any atom is -0.435 e. The average molecular weight is 256 g/mol. The van der Waals surface area contributed by atoms with Crippen LogP contribution in [0, 0.1) is 0 Å². The standard InChI is InChI=1S/C12H14F2N2O2/c13-12(14)18-10-3-1-2-8(6-10)11(17)16-9-4-5-15-7-9/h1-3,6,9,12,15H,4-5,7H2,(H,16,17)/t9-/m1/s1. The van der Waals surface area contributed by atoms with Crippen LogP contribution >= 0.6 is 0 Å². The fraction of sp³-hybridized carbons (Fsp3) is 0.417. The first kappa shape index (κ1) is 12.8. The number of alkyl halides is 2. The summed E-state index contributed by atoms with van der Waals surface area (Å²) < 4.78 is 28.3. The van der Waals surface area contributed by atoms with Crippen LogP contribution in [0.2, 0.25) is 0 Å². The van der Waals surface area contributed by atoms with E-state index in [0.717, 1.165) is 19.5 Å². The molecule has 0 aliphatic carbocycles. The molecule has 1 aliphatic heterocycles. The summed E-state index contributed by atoms with van der Waals surface area (Å²) in [6.45, 7) is -1.28.